The summed E-state index contributed by atoms with van der Waals surface area (Å²) in [4.78, 5) is 27.7. The quantitative estimate of drug-likeness (QED) is 0.753. The highest BCUT2D eigenvalue weighted by Crippen LogP contribution is 2.27. The van der Waals surface area contributed by atoms with Crippen LogP contribution >= 0.6 is 0 Å². The number of para-hydroxylation sites is 1. The van der Waals surface area contributed by atoms with E-state index in [9.17, 15) is 9.59 Å². The highest BCUT2D eigenvalue weighted by Gasteiger charge is 2.19. The molecule has 3 rings (SSSR count). The third-order valence-corrected chi connectivity index (χ3v) is 4.44. The fourth-order valence-electron chi connectivity index (χ4n) is 3.25. The van der Waals surface area contributed by atoms with E-state index in [0.717, 1.165) is 12.1 Å². The van der Waals surface area contributed by atoms with E-state index in [0.29, 0.717) is 27.9 Å². The average Bonchev–Trinajstić information content (AvgIpc) is 2.64. The largest absolute Gasteiger partial charge is 0.455 e. The Morgan fingerprint density at radius 3 is 2.48 bits per heavy atom. The van der Waals surface area contributed by atoms with Crippen LogP contribution in [0.4, 0.5) is 0 Å². The van der Waals surface area contributed by atoms with Crippen molar-refractivity contribution in [2.45, 2.75) is 19.9 Å². The van der Waals surface area contributed by atoms with Gasteiger partial charge in [-0.25, -0.2) is 0 Å². The maximum Gasteiger partial charge on any atom is 0.255 e. The normalized spacial score (nSPS) is 12.3. The van der Waals surface area contributed by atoms with Crippen LogP contribution in [0.1, 0.15) is 22.8 Å². The minimum atomic E-state index is -0.249. The summed E-state index contributed by atoms with van der Waals surface area (Å²) in [7, 11) is 3.91. The zero-order chi connectivity index (χ0) is 19.6. The predicted octanol–water partition coefficient (Wildman–Crippen LogP) is 3.45. The number of hydrogen-bond donors (Lipinski definition) is 1. The first-order valence-corrected chi connectivity index (χ1v) is 8.96. The van der Waals surface area contributed by atoms with Crippen molar-refractivity contribution in [3.8, 4) is 11.3 Å². The van der Waals surface area contributed by atoms with Gasteiger partial charge in [-0.05, 0) is 40.1 Å². The van der Waals surface area contributed by atoms with Gasteiger partial charge in [-0.15, -0.1) is 0 Å². The van der Waals surface area contributed by atoms with Gasteiger partial charge in [0.25, 0.3) is 5.91 Å². The van der Waals surface area contributed by atoms with Crippen LogP contribution in [0.15, 0.2) is 57.7 Å². The van der Waals surface area contributed by atoms with Crippen LogP contribution in [0, 0.1) is 6.92 Å². The summed E-state index contributed by atoms with van der Waals surface area (Å²) in [5, 5.41) is 3.39. The van der Waals surface area contributed by atoms with Gasteiger partial charge in [-0.3, -0.25) is 9.59 Å². The van der Waals surface area contributed by atoms with Gasteiger partial charge in [0, 0.05) is 23.7 Å². The monoisotopic (exact) mass is 364 g/mol. The van der Waals surface area contributed by atoms with Crippen molar-refractivity contribution in [1.82, 2.24) is 10.2 Å². The van der Waals surface area contributed by atoms with Gasteiger partial charge in [0.15, 0.2) is 11.0 Å². The molecule has 1 amide bonds. The second kappa shape index (κ2) is 7.76. The summed E-state index contributed by atoms with van der Waals surface area (Å²) in [5.41, 5.74) is 1.91. The molecule has 0 fully saturated rings. The predicted molar refractivity (Wildman–Crippen MR) is 108 cm³/mol. The van der Waals surface area contributed by atoms with E-state index in [2.05, 4.69) is 5.32 Å². The second-order valence-electron chi connectivity index (χ2n) is 7.07. The third-order valence-electron chi connectivity index (χ3n) is 4.44. The van der Waals surface area contributed by atoms with Crippen LogP contribution in [0.2, 0.25) is 0 Å². The van der Waals surface area contributed by atoms with Crippen LogP contribution in [0.3, 0.4) is 0 Å². The van der Waals surface area contributed by atoms with Crippen molar-refractivity contribution in [3.63, 3.8) is 0 Å². The first-order chi connectivity index (χ1) is 12.9. The van der Waals surface area contributed by atoms with Crippen molar-refractivity contribution in [1.29, 1.82) is 0 Å². The van der Waals surface area contributed by atoms with E-state index >= 15 is 0 Å². The first kappa shape index (κ1) is 18.9. The minimum absolute atomic E-state index is 0.0338. The van der Waals surface area contributed by atoms with Crippen LogP contribution < -0.4 is 10.7 Å². The molecule has 0 aliphatic heterocycles. The topological polar surface area (TPSA) is 62.6 Å². The van der Waals surface area contributed by atoms with Crippen LogP contribution in [0.5, 0.6) is 0 Å². The van der Waals surface area contributed by atoms with Crippen LogP contribution in [0.25, 0.3) is 22.3 Å². The van der Waals surface area contributed by atoms with E-state index in [1.165, 1.54) is 0 Å². The van der Waals surface area contributed by atoms with Crippen LogP contribution in [-0.4, -0.2) is 37.5 Å². The molecule has 140 valence electrons. The Morgan fingerprint density at radius 1 is 1.11 bits per heavy atom. The maximum atomic E-state index is 12.9. The van der Waals surface area contributed by atoms with Gasteiger partial charge >= 0.3 is 0 Å². The molecule has 0 spiro atoms. The SMILES string of the molecule is Cc1c(-c2ccccc2)oc2c(C(=O)NC(C)CN(C)C)cccc2c1=O. The molecule has 2 aromatic carbocycles. The van der Waals surface area contributed by atoms with Gasteiger partial charge in [0.05, 0.1) is 10.9 Å². The molecule has 0 saturated carbocycles. The van der Waals surface area contributed by atoms with Crippen molar-refractivity contribution in [2.24, 2.45) is 0 Å². The van der Waals surface area contributed by atoms with Crippen molar-refractivity contribution in [2.75, 3.05) is 20.6 Å². The van der Waals surface area contributed by atoms with E-state index in [1.54, 1.807) is 25.1 Å². The summed E-state index contributed by atoms with van der Waals surface area (Å²) < 4.78 is 6.10. The lowest BCUT2D eigenvalue weighted by atomic mass is 10.0. The zero-order valence-electron chi connectivity index (χ0n) is 16.1. The van der Waals surface area contributed by atoms with Gasteiger partial charge in [0.1, 0.15) is 5.76 Å². The van der Waals surface area contributed by atoms with Gasteiger partial charge in [-0.2, -0.15) is 0 Å². The molecular formula is C22H24N2O3. The zero-order valence-corrected chi connectivity index (χ0v) is 16.1. The second-order valence-corrected chi connectivity index (χ2v) is 7.07. The maximum absolute atomic E-state index is 12.9. The summed E-state index contributed by atoms with van der Waals surface area (Å²) >= 11 is 0. The lowest BCUT2D eigenvalue weighted by Gasteiger charge is -2.18. The Bertz CT molecular complexity index is 1020. The smallest absolute Gasteiger partial charge is 0.255 e. The summed E-state index contributed by atoms with van der Waals surface area (Å²) in [6.45, 7) is 4.41. The summed E-state index contributed by atoms with van der Waals surface area (Å²) in [6, 6.07) is 14.5. The van der Waals surface area contributed by atoms with E-state index in [-0.39, 0.29) is 17.4 Å². The molecule has 5 heteroatoms. The van der Waals surface area contributed by atoms with E-state index in [1.807, 2.05) is 56.3 Å². The Hall–Kier alpha value is -2.92. The Kier molecular flexibility index (Phi) is 5.42. The summed E-state index contributed by atoms with van der Waals surface area (Å²) in [6.07, 6.45) is 0. The standard InChI is InChI=1S/C22H24N2O3/c1-14(13-24(3)4)23-22(26)18-12-8-11-17-19(25)15(2)20(27-21(17)18)16-9-6-5-7-10-16/h5-12,14H,13H2,1-4H3,(H,23,26). The first-order valence-electron chi connectivity index (χ1n) is 8.96. The number of benzene rings is 2. The molecule has 5 nitrogen and oxygen atoms in total. The van der Waals surface area contributed by atoms with Gasteiger partial charge < -0.3 is 14.6 Å². The molecular weight excluding hydrogens is 340 g/mol. The molecule has 0 bridgehead atoms. The number of amides is 1. The molecule has 0 aliphatic rings. The van der Waals surface area contributed by atoms with E-state index in [4.69, 9.17) is 4.42 Å². The fourth-order valence-corrected chi connectivity index (χ4v) is 3.25. The number of carbonyl (C=O) groups excluding carboxylic acids is 1. The molecule has 0 saturated heterocycles. The van der Waals surface area contributed by atoms with Crippen molar-refractivity contribution >= 4 is 16.9 Å². The van der Waals surface area contributed by atoms with Crippen LogP contribution in [-0.2, 0) is 0 Å². The number of hydrogen-bond acceptors (Lipinski definition) is 4. The molecule has 1 unspecified atom stereocenters. The number of rotatable bonds is 5. The van der Waals surface area contributed by atoms with Crippen molar-refractivity contribution in [3.05, 3.63) is 69.9 Å². The van der Waals surface area contributed by atoms with E-state index < -0.39 is 0 Å². The molecule has 3 aromatic rings. The minimum Gasteiger partial charge on any atom is -0.455 e. The molecule has 27 heavy (non-hydrogen) atoms. The highest BCUT2D eigenvalue weighted by atomic mass is 16.3. The Morgan fingerprint density at radius 2 is 1.81 bits per heavy atom. The number of nitrogens with zero attached hydrogens (tertiary/aromatic N) is 1. The number of nitrogens with one attached hydrogen (secondary N) is 1. The van der Waals surface area contributed by atoms with Gasteiger partial charge in [0.2, 0.25) is 0 Å². The molecule has 1 N–H and O–H groups in total. The molecule has 0 aliphatic carbocycles. The molecule has 1 aromatic heterocycles. The molecule has 1 heterocycles. The highest BCUT2D eigenvalue weighted by molar-refractivity contribution is 6.05. The third kappa shape index (κ3) is 3.93. The Labute approximate surface area is 158 Å². The molecule has 0 radical (unpaired) electrons. The average molecular weight is 364 g/mol. The fraction of sp³-hybridized carbons (Fsp3) is 0.273. The number of fused-ring (bicyclic) bond motifs is 1. The molecule has 1 atom stereocenters. The van der Waals surface area contributed by atoms with Gasteiger partial charge in [-0.1, -0.05) is 36.4 Å². The lowest BCUT2D eigenvalue weighted by Crippen LogP contribution is -2.39. The number of carbonyl (C=O) groups is 1. The number of likely N-dealkylation sites (N-methyl/N-ethyl adjacent to an activating group) is 1. The summed E-state index contributed by atoms with van der Waals surface area (Å²) in [5.74, 6) is 0.246. The van der Waals surface area contributed by atoms with Crippen molar-refractivity contribution < 1.29 is 9.21 Å². The lowest BCUT2D eigenvalue weighted by molar-refractivity contribution is 0.0935. The Balaban J connectivity index is 2.11.